The highest BCUT2D eigenvalue weighted by molar-refractivity contribution is 5.91. The third-order valence-electron chi connectivity index (χ3n) is 6.12. The molecule has 1 unspecified atom stereocenters. The van der Waals surface area contributed by atoms with E-state index in [4.69, 9.17) is 4.74 Å². The molecule has 1 heterocycles. The molecule has 6 nitrogen and oxygen atoms in total. The summed E-state index contributed by atoms with van der Waals surface area (Å²) in [5.74, 6) is 0.00612. The number of carbonyl (C=O) groups is 2. The summed E-state index contributed by atoms with van der Waals surface area (Å²) in [7, 11) is 0. The van der Waals surface area contributed by atoms with Crippen molar-refractivity contribution in [2.45, 2.75) is 38.1 Å². The van der Waals surface area contributed by atoms with E-state index in [1.54, 1.807) is 0 Å². The van der Waals surface area contributed by atoms with Gasteiger partial charge in [-0.2, -0.15) is 0 Å². The maximum atomic E-state index is 12.8. The summed E-state index contributed by atoms with van der Waals surface area (Å²) < 4.78 is 5.34. The molecule has 1 fully saturated rings. The molecular formula is C25H31N3O3. The van der Waals surface area contributed by atoms with E-state index in [0.717, 1.165) is 68.9 Å². The Morgan fingerprint density at radius 2 is 1.90 bits per heavy atom. The van der Waals surface area contributed by atoms with Gasteiger partial charge < -0.3 is 15.4 Å². The van der Waals surface area contributed by atoms with E-state index in [2.05, 4.69) is 27.7 Å². The summed E-state index contributed by atoms with van der Waals surface area (Å²) in [5, 5.41) is 6.06. The second-order valence-corrected chi connectivity index (χ2v) is 8.31. The Morgan fingerprint density at radius 3 is 2.77 bits per heavy atom. The van der Waals surface area contributed by atoms with Crippen LogP contribution in [-0.4, -0.2) is 49.6 Å². The maximum absolute atomic E-state index is 12.8. The number of rotatable bonds is 7. The van der Waals surface area contributed by atoms with Crippen molar-refractivity contribution >= 4 is 17.5 Å². The summed E-state index contributed by atoms with van der Waals surface area (Å²) in [5.41, 5.74) is 4.19. The third-order valence-corrected chi connectivity index (χ3v) is 6.12. The second kappa shape index (κ2) is 10.6. The Bertz CT molecular complexity index is 908. The molecule has 1 atom stereocenters. The number of ether oxygens (including phenoxy) is 1. The molecule has 2 aromatic carbocycles. The first-order valence-corrected chi connectivity index (χ1v) is 11.2. The summed E-state index contributed by atoms with van der Waals surface area (Å²) in [6.45, 7) is 4.44. The molecule has 2 amide bonds. The molecule has 2 N–H and O–H groups in total. The van der Waals surface area contributed by atoms with Crippen LogP contribution in [0.3, 0.4) is 0 Å². The Kier molecular flexibility index (Phi) is 7.33. The van der Waals surface area contributed by atoms with E-state index in [-0.39, 0.29) is 17.7 Å². The van der Waals surface area contributed by atoms with E-state index < -0.39 is 0 Å². The van der Waals surface area contributed by atoms with Crippen molar-refractivity contribution in [2.75, 3.05) is 38.2 Å². The van der Waals surface area contributed by atoms with Gasteiger partial charge in [0.15, 0.2) is 0 Å². The molecule has 31 heavy (non-hydrogen) atoms. The number of nitrogens with one attached hydrogen (secondary N) is 2. The highest BCUT2D eigenvalue weighted by Gasteiger charge is 2.25. The number of benzene rings is 2. The molecule has 0 saturated carbocycles. The van der Waals surface area contributed by atoms with Gasteiger partial charge in [-0.1, -0.05) is 36.4 Å². The van der Waals surface area contributed by atoms with Crippen LogP contribution >= 0.6 is 0 Å². The van der Waals surface area contributed by atoms with Gasteiger partial charge in [0.2, 0.25) is 11.8 Å². The van der Waals surface area contributed by atoms with Crippen LogP contribution in [0.1, 0.15) is 41.9 Å². The average molecular weight is 422 g/mol. The highest BCUT2D eigenvalue weighted by Crippen LogP contribution is 2.31. The number of anilines is 1. The lowest BCUT2D eigenvalue weighted by Crippen LogP contribution is -2.38. The molecule has 1 aliphatic heterocycles. The minimum atomic E-state index is -0.0759. The largest absolute Gasteiger partial charge is 0.379 e. The number of carbonyl (C=O) groups excluding carboxylic acids is 2. The molecule has 1 aliphatic carbocycles. The topological polar surface area (TPSA) is 70.7 Å². The highest BCUT2D eigenvalue weighted by atomic mass is 16.5. The van der Waals surface area contributed by atoms with Crippen molar-refractivity contribution in [3.05, 3.63) is 65.2 Å². The van der Waals surface area contributed by atoms with Crippen molar-refractivity contribution < 1.29 is 14.3 Å². The lowest BCUT2D eigenvalue weighted by atomic mass is 9.82. The molecule has 2 aromatic rings. The van der Waals surface area contributed by atoms with Gasteiger partial charge in [-0.3, -0.25) is 14.5 Å². The van der Waals surface area contributed by atoms with E-state index in [9.17, 15) is 9.59 Å². The summed E-state index contributed by atoms with van der Waals surface area (Å²) in [6, 6.07) is 16.0. The lowest BCUT2D eigenvalue weighted by molar-refractivity contribution is -0.123. The lowest BCUT2D eigenvalue weighted by Gasteiger charge is -2.26. The Labute approximate surface area is 184 Å². The first-order valence-electron chi connectivity index (χ1n) is 11.2. The van der Waals surface area contributed by atoms with E-state index in [0.29, 0.717) is 13.0 Å². The molecule has 1 saturated heterocycles. The minimum absolute atomic E-state index is 0.00601. The average Bonchev–Trinajstić information content (AvgIpc) is 2.82. The fourth-order valence-electron chi connectivity index (χ4n) is 4.41. The fourth-order valence-corrected chi connectivity index (χ4v) is 4.41. The van der Waals surface area contributed by atoms with Gasteiger partial charge in [-0.15, -0.1) is 0 Å². The number of hydrogen-bond acceptors (Lipinski definition) is 4. The van der Waals surface area contributed by atoms with Gasteiger partial charge in [-0.05, 0) is 48.1 Å². The zero-order chi connectivity index (χ0) is 21.5. The van der Waals surface area contributed by atoms with Crippen molar-refractivity contribution in [3.8, 4) is 0 Å². The Balaban J connectivity index is 1.27. The quantitative estimate of drug-likeness (QED) is 0.721. The standard InChI is InChI=1S/C25H31N3O3/c29-24(11-12-28-13-15-31-16-14-28)27-21-8-3-5-19(17-21)18-26-25(30)23-10-4-7-20-6-1-2-9-22(20)23/h1-3,5-6,8-9,17,23H,4,7,10-16,18H2,(H,26,30)(H,27,29). The smallest absolute Gasteiger partial charge is 0.227 e. The van der Waals surface area contributed by atoms with Crippen LogP contribution in [0.5, 0.6) is 0 Å². The van der Waals surface area contributed by atoms with Gasteiger partial charge in [0.1, 0.15) is 0 Å². The zero-order valence-electron chi connectivity index (χ0n) is 17.9. The van der Waals surface area contributed by atoms with Gasteiger partial charge in [0.25, 0.3) is 0 Å². The van der Waals surface area contributed by atoms with Gasteiger partial charge in [-0.25, -0.2) is 0 Å². The molecule has 2 aliphatic rings. The summed E-state index contributed by atoms with van der Waals surface area (Å²) >= 11 is 0. The van der Waals surface area contributed by atoms with E-state index >= 15 is 0 Å². The molecule has 0 aromatic heterocycles. The molecule has 0 bridgehead atoms. The molecule has 4 rings (SSSR count). The second-order valence-electron chi connectivity index (χ2n) is 8.31. The van der Waals surface area contributed by atoms with Crippen molar-refractivity contribution in [1.82, 2.24) is 10.2 Å². The normalized spacial score (nSPS) is 18.8. The number of aryl methyl sites for hydroxylation is 1. The third kappa shape index (κ3) is 5.93. The summed E-state index contributed by atoms with van der Waals surface area (Å²) in [6.07, 6.45) is 3.44. The van der Waals surface area contributed by atoms with Crippen LogP contribution in [0.4, 0.5) is 5.69 Å². The van der Waals surface area contributed by atoms with Crippen molar-refractivity contribution in [1.29, 1.82) is 0 Å². The fraction of sp³-hybridized carbons (Fsp3) is 0.440. The molecule has 0 spiro atoms. The molecule has 6 heteroatoms. The first kappa shape index (κ1) is 21.5. The van der Waals surface area contributed by atoms with Crippen LogP contribution in [-0.2, 0) is 27.3 Å². The van der Waals surface area contributed by atoms with Crippen LogP contribution in [0.25, 0.3) is 0 Å². The monoisotopic (exact) mass is 421 g/mol. The predicted molar refractivity (Wildman–Crippen MR) is 121 cm³/mol. The van der Waals surface area contributed by atoms with Crippen LogP contribution < -0.4 is 10.6 Å². The molecular weight excluding hydrogens is 390 g/mol. The summed E-state index contributed by atoms with van der Waals surface area (Å²) in [4.78, 5) is 27.4. The maximum Gasteiger partial charge on any atom is 0.227 e. The van der Waals surface area contributed by atoms with Crippen molar-refractivity contribution in [2.24, 2.45) is 0 Å². The van der Waals surface area contributed by atoms with Crippen LogP contribution in [0.15, 0.2) is 48.5 Å². The number of morpholine rings is 1. The van der Waals surface area contributed by atoms with Crippen LogP contribution in [0.2, 0.25) is 0 Å². The minimum Gasteiger partial charge on any atom is -0.379 e. The Hall–Kier alpha value is -2.70. The number of fused-ring (bicyclic) bond motifs is 1. The first-order chi connectivity index (χ1) is 15.2. The van der Waals surface area contributed by atoms with Crippen LogP contribution in [0, 0.1) is 0 Å². The van der Waals surface area contributed by atoms with E-state index in [1.165, 1.54) is 5.56 Å². The van der Waals surface area contributed by atoms with E-state index in [1.807, 2.05) is 36.4 Å². The number of hydrogen-bond donors (Lipinski definition) is 2. The predicted octanol–water partition coefficient (Wildman–Crippen LogP) is 3.08. The zero-order valence-corrected chi connectivity index (χ0v) is 17.9. The molecule has 0 radical (unpaired) electrons. The van der Waals surface area contributed by atoms with Crippen molar-refractivity contribution in [3.63, 3.8) is 0 Å². The Morgan fingerprint density at radius 1 is 1.06 bits per heavy atom. The number of nitrogens with zero attached hydrogens (tertiary/aromatic N) is 1. The van der Waals surface area contributed by atoms with Gasteiger partial charge in [0.05, 0.1) is 19.1 Å². The number of amides is 2. The van der Waals surface area contributed by atoms with Gasteiger partial charge >= 0.3 is 0 Å². The van der Waals surface area contributed by atoms with Gasteiger partial charge in [0, 0.05) is 38.3 Å². The molecule has 164 valence electrons. The SMILES string of the molecule is O=C(CCN1CCOCC1)Nc1cccc(CNC(=O)C2CCCc3ccccc32)c1.